The van der Waals surface area contributed by atoms with Crippen LogP contribution in [0.25, 0.3) is 0 Å². The van der Waals surface area contributed by atoms with Gasteiger partial charge in [0.05, 0.1) is 4.92 Å². The zero-order valence-electron chi connectivity index (χ0n) is 9.14. The van der Waals surface area contributed by atoms with Gasteiger partial charge in [-0.2, -0.15) is 4.39 Å². The summed E-state index contributed by atoms with van der Waals surface area (Å²) in [5.41, 5.74) is -0.228. The van der Waals surface area contributed by atoms with Crippen LogP contribution in [0.3, 0.4) is 0 Å². The van der Waals surface area contributed by atoms with Crippen molar-refractivity contribution in [2.24, 2.45) is 0 Å². The molecule has 0 saturated carbocycles. The maximum absolute atomic E-state index is 13.4. The van der Waals surface area contributed by atoms with Crippen molar-refractivity contribution in [1.29, 1.82) is 0 Å². The molecular formula is C11H5BrF2N2O3. The van der Waals surface area contributed by atoms with Crippen molar-refractivity contribution in [3.05, 3.63) is 56.7 Å². The standard InChI is InChI=1S/C11H5BrF2N2O3/c12-6-3-8(13)11(14)9(4-6)19-10-2-1-7(5-15-10)16(17)18/h1-5H. The number of aromatic nitrogens is 1. The van der Waals surface area contributed by atoms with Crippen LogP contribution in [0, 0.1) is 21.7 Å². The fourth-order valence-corrected chi connectivity index (χ4v) is 1.67. The van der Waals surface area contributed by atoms with E-state index in [-0.39, 0.29) is 17.3 Å². The van der Waals surface area contributed by atoms with E-state index in [0.717, 1.165) is 18.3 Å². The molecule has 1 aromatic carbocycles. The van der Waals surface area contributed by atoms with Crippen molar-refractivity contribution in [2.75, 3.05) is 0 Å². The third-order valence-corrected chi connectivity index (χ3v) is 2.56. The van der Waals surface area contributed by atoms with Crippen LogP contribution in [0.15, 0.2) is 34.9 Å². The van der Waals surface area contributed by atoms with Gasteiger partial charge in [0.1, 0.15) is 6.20 Å². The summed E-state index contributed by atoms with van der Waals surface area (Å²) in [6.45, 7) is 0. The lowest BCUT2D eigenvalue weighted by Gasteiger charge is -2.06. The maximum Gasteiger partial charge on any atom is 0.287 e. The molecule has 98 valence electrons. The van der Waals surface area contributed by atoms with Crippen molar-refractivity contribution < 1.29 is 18.4 Å². The second-order valence-electron chi connectivity index (χ2n) is 3.41. The molecule has 0 radical (unpaired) electrons. The third-order valence-electron chi connectivity index (χ3n) is 2.11. The van der Waals surface area contributed by atoms with E-state index in [0.29, 0.717) is 4.47 Å². The number of hydrogen-bond acceptors (Lipinski definition) is 4. The molecule has 0 amide bonds. The molecule has 0 aliphatic heterocycles. The van der Waals surface area contributed by atoms with Gasteiger partial charge in [0.25, 0.3) is 5.69 Å². The summed E-state index contributed by atoms with van der Waals surface area (Å²) in [4.78, 5) is 13.4. The quantitative estimate of drug-likeness (QED) is 0.487. The van der Waals surface area contributed by atoms with Crippen molar-refractivity contribution in [3.8, 4) is 11.6 Å². The second-order valence-corrected chi connectivity index (χ2v) is 4.33. The zero-order chi connectivity index (χ0) is 14.0. The number of ether oxygens (including phenoxy) is 1. The first-order valence-electron chi connectivity index (χ1n) is 4.90. The second kappa shape index (κ2) is 5.27. The molecule has 0 N–H and O–H groups in total. The highest BCUT2D eigenvalue weighted by Gasteiger charge is 2.13. The average Bonchev–Trinajstić information content (AvgIpc) is 2.36. The molecule has 8 heteroatoms. The van der Waals surface area contributed by atoms with Crippen molar-refractivity contribution in [2.45, 2.75) is 0 Å². The smallest absolute Gasteiger partial charge is 0.287 e. The molecule has 1 heterocycles. The number of nitrogens with zero attached hydrogens (tertiary/aromatic N) is 2. The number of pyridine rings is 1. The molecule has 0 fully saturated rings. The monoisotopic (exact) mass is 330 g/mol. The SMILES string of the molecule is O=[N+]([O-])c1ccc(Oc2cc(Br)cc(F)c2F)nc1. The van der Waals surface area contributed by atoms with E-state index in [9.17, 15) is 18.9 Å². The maximum atomic E-state index is 13.4. The molecule has 0 unspecified atom stereocenters. The normalized spacial score (nSPS) is 10.3. The molecule has 0 aliphatic carbocycles. The van der Waals surface area contributed by atoms with Gasteiger partial charge in [-0.3, -0.25) is 10.1 Å². The van der Waals surface area contributed by atoms with Crippen LogP contribution in [0.1, 0.15) is 0 Å². The molecule has 1 aromatic heterocycles. The molecule has 0 aliphatic rings. The summed E-state index contributed by atoms with van der Waals surface area (Å²) < 4.78 is 31.9. The molecule has 0 saturated heterocycles. The Hall–Kier alpha value is -2.09. The molecule has 0 atom stereocenters. The Morgan fingerprint density at radius 1 is 1.32 bits per heavy atom. The number of rotatable bonds is 3. The van der Waals surface area contributed by atoms with Crippen LogP contribution in [0.2, 0.25) is 0 Å². The van der Waals surface area contributed by atoms with Crippen LogP contribution in [0.5, 0.6) is 11.6 Å². The Bertz CT molecular complexity index is 635. The molecule has 0 bridgehead atoms. The van der Waals surface area contributed by atoms with E-state index < -0.39 is 16.6 Å². The minimum Gasteiger partial charge on any atom is -0.436 e. The van der Waals surface area contributed by atoms with Crippen molar-refractivity contribution in [1.82, 2.24) is 4.98 Å². The summed E-state index contributed by atoms with van der Waals surface area (Å²) in [5, 5.41) is 10.4. The Morgan fingerprint density at radius 2 is 2.05 bits per heavy atom. The van der Waals surface area contributed by atoms with E-state index in [1.54, 1.807) is 0 Å². The molecule has 5 nitrogen and oxygen atoms in total. The van der Waals surface area contributed by atoms with E-state index >= 15 is 0 Å². The van der Waals surface area contributed by atoms with Gasteiger partial charge < -0.3 is 4.74 Å². The highest BCUT2D eigenvalue weighted by atomic mass is 79.9. The summed E-state index contributed by atoms with van der Waals surface area (Å²) in [6, 6.07) is 4.51. The average molecular weight is 331 g/mol. The molecular weight excluding hydrogens is 326 g/mol. The summed E-state index contributed by atoms with van der Waals surface area (Å²) in [5.74, 6) is -2.69. The van der Waals surface area contributed by atoms with Gasteiger partial charge >= 0.3 is 0 Å². The summed E-state index contributed by atoms with van der Waals surface area (Å²) in [6.07, 6.45) is 0.960. The fourth-order valence-electron chi connectivity index (χ4n) is 1.26. The lowest BCUT2D eigenvalue weighted by molar-refractivity contribution is -0.385. The van der Waals surface area contributed by atoms with Gasteiger partial charge in [-0.15, -0.1) is 0 Å². The predicted octanol–water partition coefficient (Wildman–Crippen LogP) is 3.82. The van der Waals surface area contributed by atoms with E-state index in [1.807, 2.05) is 0 Å². The first-order chi connectivity index (χ1) is 8.97. The van der Waals surface area contributed by atoms with Gasteiger partial charge in [0.2, 0.25) is 11.7 Å². The number of benzene rings is 1. The Morgan fingerprint density at radius 3 is 2.63 bits per heavy atom. The van der Waals surface area contributed by atoms with Gasteiger partial charge in [-0.25, -0.2) is 9.37 Å². The van der Waals surface area contributed by atoms with Crippen LogP contribution in [-0.2, 0) is 0 Å². The summed E-state index contributed by atoms with van der Waals surface area (Å²) in [7, 11) is 0. The van der Waals surface area contributed by atoms with Gasteiger partial charge in [-0.05, 0) is 12.1 Å². The molecule has 0 spiro atoms. The third kappa shape index (κ3) is 3.02. The predicted molar refractivity (Wildman–Crippen MR) is 65.0 cm³/mol. The lowest BCUT2D eigenvalue weighted by atomic mass is 10.3. The van der Waals surface area contributed by atoms with Crippen LogP contribution < -0.4 is 4.74 Å². The number of hydrogen-bond donors (Lipinski definition) is 0. The first-order valence-corrected chi connectivity index (χ1v) is 5.69. The highest BCUT2D eigenvalue weighted by Crippen LogP contribution is 2.29. The molecule has 2 rings (SSSR count). The largest absolute Gasteiger partial charge is 0.436 e. The van der Waals surface area contributed by atoms with Gasteiger partial charge in [0, 0.05) is 16.6 Å². The van der Waals surface area contributed by atoms with Crippen LogP contribution >= 0.6 is 15.9 Å². The molecule has 19 heavy (non-hydrogen) atoms. The van der Waals surface area contributed by atoms with E-state index in [4.69, 9.17) is 4.74 Å². The Balaban J connectivity index is 2.28. The highest BCUT2D eigenvalue weighted by molar-refractivity contribution is 9.10. The Labute approximate surface area is 114 Å². The summed E-state index contributed by atoms with van der Waals surface area (Å²) >= 11 is 2.99. The van der Waals surface area contributed by atoms with E-state index in [1.165, 1.54) is 12.1 Å². The minimum atomic E-state index is -1.16. The van der Waals surface area contributed by atoms with Crippen LogP contribution in [-0.4, -0.2) is 9.91 Å². The number of nitro groups is 1. The lowest BCUT2D eigenvalue weighted by Crippen LogP contribution is -1.95. The number of halogens is 3. The minimum absolute atomic E-state index is 0.0815. The fraction of sp³-hybridized carbons (Fsp3) is 0. The Kier molecular flexibility index (Phi) is 3.70. The van der Waals surface area contributed by atoms with Crippen molar-refractivity contribution in [3.63, 3.8) is 0 Å². The van der Waals surface area contributed by atoms with E-state index in [2.05, 4.69) is 20.9 Å². The van der Waals surface area contributed by atoms with Gasteiger partial charge in [-0.1, -0.05) is 15.9 Å². The first kappa shape index (κ1) is 13.3. The molecule has 2 aromatic rings. The van der Waals surface area contributed by atoms with Crippen LogP contribution in [0.4, 0.5) is 14.5 Å². The topological polar surface area (TPSA) is 65.3 Å². The zero-order valence-corrected chi connectivity index (χ0v) is 10.7. The van der Waals surface area contributed by atoms with Crippen molar-refractivity contribution >= 4 is 21.6 Å². The van der Waals surface area contributed by atoms with Gasteiger partial charge in [0.15, 0.2) is 11.6 Å².